The lowest BCUT2D eigenvalue weighted by Gasteiger charge is -2.09. The van der Waals surface area contributed by atoms with E-state index in [-0.39, 0.29) is 10.6 Å². The summed E-state index contributed by atoms with van der Waals surface area (Å²) in [4.78, 5) is 4.59. The van der Waals surface area contributed by atoms with Crippen molar-refractivity contribution in [2.75, 3.05) is 5.43 Å². The smallest absolute Gasteiger partial charge is 0.339 e. The van der Waals surface area contributed by atoms with Gasteiger partial charge in [-0.15, -0.1) is 11.3 Å². The lowest BCUT2D eigenvalue weighted by molar-refractivity contribution is 0.485. The third-order valence-corrected chi connectivity index (χ3v) is 6.08. The maximum atomic E-state index is 12.5. The van der Waals surface area contributed by atoms with E-state index in [1.54, 1.807) is 42.5 Å². The molecule has 0 unspecified atom stereocenters. The summed E-state index contributed by atoms with van der Waals surface area (Å²) in [7, 11) is -3.93. The number of nitrogens with one attached hydrogen (secondary N) is 1. The van der Waals surface area contributed by atoms with Crippen molar-refractivity contribution in [1.82, 2.24) is 4.98 Å². The van der Waals surface area contributed by atoms with E-state index < -0.39 is 10.1 Å². The molecule has 8 heteroatoms. The van der Waals surface area contributed by atoms with E-state index in [0.29, 0.717) is 10.7 Å². The number of para-hydroxylation sites is 1. The quantitative estimate of drug-likeness (QED) is 0.250. The van der Waals surface area contributed by atoms with Crippen LogP contribution in [-0.4, -0.2) is 19.6 Å². The molecule has 0 bridgehead atoms. The highest BCUT2D eigenvalue weighted by molar-refractivity contribution is 7.87. The first kappa shape index (κ1) is 19.8. The van der Waals surface area contributed by atoms with Crippen molar-refractivity contribution in [2.24, 2.45) is 5.10 Å². The van der Waals surface area contributed by atoms with Crippen LogP contribution in [0, 0.1) is 0 Å². The highest BCUT2D eigenvalue weighted by atomic mass is 32.2. The number of anilines is 1. The molecule has 0 aliphatic carbocycles. The lowest BCUT2D eigenvalue weighted by Crippen LogP contribution is -2.10. The molecule has 150 valence electrons. The Morgan fingerprint density at radius 3 is 2.33 bits per heavy atom. The fourth-order valence-electron chi connectivity index (χ4n) is 2.64. The molecule has 6 nitrogen and oxygen atoms in total. The van der Waals surface area contributed by atoms with Gasteiger partial charge in [-0.25, -0.2) is 4.98 Å². The van der Waals surface area contributed by atoms with Gasteiger partial charge in [0.25, 0.3) is 0 Å². The summed E-state index contributed by atoms with van der Waals surface area (Å²) in [6.45, 7) is 0. The molecule has 0 saturated heterocycles. The number of aromatic nitrogens is 1. The Morgan fingerprint density at radius 1 is 0.900 bits per heavy atom. The molecule has 4 aromatic rings. The molecule has 1 N–H and O–H groups in total. The van der Waals surface area contributed by atoms with Crippen molar-refractivity contribution in [3.63, 3.8) is 0 Å². The summed E-state index contributed by atoms with van der Waals surface area (Å²) < 4.78 is 30.3. The standard InChI is InChI=1S/C22H17N3O3S2/c26-30(27,19-12-5-2-6-13-19)28-21-14-8-7-11-18(21)15-23-25-22-24-20(16-29-22)17-9-3-1-4-10-17/h1-16H,(H,24,25)/b23-15-. The zero-order chi connectivity index (χ0) is 20.8. The first-order chi connectivity index (χ1) is 14.6. The van der Waals surface area contributed by atoms with Gasteiger partial charge >= 0.3 is 10.1 Å². The van der Waals surface area contributed by atoms with Crippen LogP contribution in [0.4, 0.5) is 5.13 Å². The predicted octanol–water partition coefficient (Wildman–Crippen LogP) is 5.02. The molecular formula is C22H17N3O3S2. The van der Waals surface area contributed by atoms with E-state index >= 15 is 0 Å². The highest BCUT2D eigenvalue weighted by Crippen LogP contribution is 2.25. The lowest BCUT2D eigenvalue weighted by atomic mass is 10.2. The molecular weight excluding hydrogens is 418 g/mol. The Kier molecular flexibility index (Phi) is 5.87. The zero-order valence-electron chi connectivity index (χ0n) is 15.7. The highest BCUT2D eigenvalue weighted by Gasteiger charge is 2.17. The van der Waals surface area contributed by atoms with Crippen molar-refractivity contribution in [2.45, 2.75) is 4.90 Å². The van der Waals surface area contributed by atoms with Gasteiger partial charge in [0, 0.05) is 16.5 Å². The van der Waals surface area contributed by atoms with E-state index in [1.165, 1.54) is 29.7 Å². The Morgan fingerprint density at radius 2 is 1.57 bits per heavy atom. The van der Waals surface area contributed by atoms with Crippen LogP contribution in [0.15, 0.2) is 100 Å². The number of hydrogen-bond donors (Lipinski definition) is 1. The summed E-state index contributed by atoms with van der Waals surface area (Å²) in [5.74, 6) is 0.191. The normalized spacial score (nSPS) is 11.5. The fraction of sp³-hybridized carbons (Fsp3) is 0. The molecule has 0 saturated carbocycles. The number of hydrogen-bond acceptors (Lipinski definition) is 7. The topological polar surface area (TPSA) is 80.7 Å². The number of rotatable bonds is 7. The molecule has 1 aromatic heterocycles. The number of thiazole rings is 1. The monoisotopic (exact) mass is 435 g/mol. The van der Waals surface area contributed by atoms with Gasteiger partial charge in [-0.1, -0.05) is 60.7 Å². The average molecular weight is 436 g/mol. The maximum absolute atomic E-state index is 12.5. The minimum absolute atomic E-state index is 0.0890. The molecule has 3 aromatic carbocycles. The van der Waals surface area contributed by atoms with Gasteiger partial charge < -0.3 is 4.18 Å². The molecule has 4 rings (SSSR count). The second kappa shape index (κ2) is 8.89. The number of benzene rings is 3. The van der Waals surface area contributed by atoms with Gasteiger partial charge in [-0.2, -0.15) is 13.5 Å². The molecule has 0 spiro atoms. The van der Waals surface area contributed by atoms with Gasteiger partial charge in [0.15, 0.2) is 5.75 Å². The van der Waals surface area contributed by atoms with Crippen molar-refractivity contribution < 1.29 is 12.6 Å². The Hall–Kier alpha value is -3.49. The SMILES string of the molecule is O=S(=O)(Oc1ccccc1/C=N\Nc1nc(-c2ccccc2)cs1)c1ccccc1. The largest absolute Gasteiger partial charge is 0.378 e. The van der Waals surface area contributed by atoms with Crippen LogP contribution >= 0.6 is 11.3 Å². The van der Waals surface area contributed by atoms with Crippen LogP contribution in [-0.2, 0) is 10.1 Å². The maximum Gasteiger partial charge on any atom is 0.339 e. The Bertz CT molecular complexity index is 1260. The van der Waals surface area contributed by atoms with Crippen molar-refractivity contribution in [3.05, 3.63) is 95.9 Å². The molecule has 0 fully saturated rings. The summed E-state index contributed by atoms with van der Waals surface area (Å²) in [6, 6.07) is 24.6. The van der Waals surface area contributed by atoms with E-state index in [2.05, 4.69) is 15.5 Å². The van der Waals surface area contributed by atoms with Crippen LogP contribution in [0.1, 0.15) is 5.56 Å². The van der Waals surface area contributed by atoms with E-state index in [9.17, 15) is 8.42 Å². The Balaban J connectivity index is 1.48. The minimum Gasteiger partial charge on any atom is -0.378 e. The van der Waals surface area contributed by atoms with Gasteiger partial charge in [0.2, 0.25) is 5.13 Å². The fourth-order valence-corrected chi connectivity index (χ4v) is 4.28. The summed E-state index contributed by atoms with van der Waals surface area (Å²) in [6.07, 6.45) is 1.50. The van der Waals surface area contributed by atoms with Crippen molar-refractivity contribution in [3.8, 4) is 17.0 Å². The third kappa shape index (κ3) is 4.73. The van der Waals surface area contributed by atoms with Gasteiger partial charge in [0.05, 0.1) is 11.9 Å². The van der Waals surface area contributed by atoms with Gasteiger partial charge in [-0.05, 0) is 24.3 Å². The van der Waals surface area contributed by atoms with Gasteiger partial charge in [-0.3, -0.25) is 5.43 Å². The zero-order valence-corrected chi connectivity index (χ0v) is 17.3. The van der Waals surface area contributed by atoms with E-state index in [0.717, 1.165) is 11.3 Å². The first-order valence-corrected chi connectivity index (χ1v) is 11.3. The predicted molar refractivity (Wildman–Crippen MR) is 119 cm³/mol. The second-order valence-electron chi connectivity index (χ2n) is 6.16. The number of nitrogens with zero attached hydrogens (tertiary/aromatic N) is 2. The van der Waals surface area contributed by atoms with Crippen LogP contribution < -0.4 is 9.61 Å². The third-order valence-electron chi connectivity index (χ3n) is 4.09. The molecule has 0 aliphatic heterocycles. The molecule has 1 heterocycles. The molecule has 30 heavy (non-hydrogen) atoms. The van der Waals surface area contributed by atoms with Crippen LogP contribution in [0.2, 0.25) is 0 Å². The molecule has 0 aliphatic rings. The average Bonchev–Trinajstić information content (AvgIpc) is 3.25. The first-order valence-electron chi connectivity index (χ1n) is 9.00. The van der Waals surface area contributed by atoms with Crippen molar-refractivity contribution in [1.29, 1.82) is 0 Å². The van der Waals surface area contributed by atoms with E-state index in [1.807, 2.05) is 35.7 Å². The van der Waals surface area contributed by atoms with Gasteiger partial charge in [0.1, 0.15) is 4.90 Å². The number of hydrazone groups is 1. The summed E-state index contributed by atoms with van der Waals surface area (Å²) in [5.41, 5.74) is 5.28. The van der Waals surface area contributed by atoms with Crippen molar-refractivity contribution >= 4 is 32.8 Å². The second-order valence-corrected chi connectivity index (χ2v) is 8.57. The molecule has 0 amide bonds. The van der Waals surface area contributed by atoms with Crippen LogP contribution in [0.5, 0.6) is 5.75 Å². The summed E-state index contributed by atoms with van der Waals surface area (Å²) in [5, 5.41) is 6.75. The van der Waals surface area contributed by atoms with E-state index in [4.69, 9.17) is 4.18 Å². The Labute approximate surface area is 178 Å². The molecule has 0 radical (unpaired) electrons. The van der Waals surface area contributed by atoms with Crippen LogP contribution in [0.25, 0.3) is 11.3 Å². The minimum atomic E-state index is -3.93. The molecule has 0 atom stereocenters. The summed E-state index contributed by atoms with van der Waals surface area (Å²) >= 11 is 1.43. The van der Waals surface area contributed by atoms with Crippen LogP contribution in [0.3, 0.4) is 0 Å².